The van der Waals surface area contributed by atoms with Crippen LogP contribution in [0.3, 0.4) is 0 Å². The molecule has 0 aliphatic heterocycles. The van der Waals surface area contributed by atoms with Crippen molar-refractivity contribution in [2.75, 3.05) is 24.3 Å². The Morgan fingerprint density at radius 3 is 1.95 bits per heavy atom. The highest BCUT2D eigenvalue weighted by Gasteiger charge is 2.30. The second-order valence-electron chi connectivity index (χ2n) is 10.0. The molecule has 0 aliphatic carbocycles. The maximum atomic E-state index is 12.6. The zero-order valence-electron chi connectivity index (χ0n) is 24.0. The van der Waals surface area contributed by atoms with Gasteiger partial charge in [0.1, 0.15) is 17.8 Å². The highest BCUT2D eigenvalue weighted by Crippen LogP contribution is 2.23. The summed E-state index contributed by atoms with van der Waals surface area (Å²) in [5.74, 6) is -2.14. The Hall–Kier alpha value is -5.23. The minimum absolute atomic E-state index is 0.0232. The van der Waals surface area contributed by atoms with E-state index in [-0.39, 0.29) is 36.6 Å². The van der Waals surface area contributed by atoms with Crippen molar-refractivity contribution in [3.05, 3.63) is 107 Å². The lowest BCUT2D eigenvalue weighted by molar-refractivity contribution is -0.139. The molecule has 44 heavy (non-hydrogen) atoms. The quantitative estimate of drug-likeness (QED) is 0.195. The highest BCUT2D eigenvalue weighted by molar-refractivity contribution is 6.28. The molecule has 3 N–H and O–H groups in total. The fourth-order valence-corrected chi connectivity index (χ4v) is 4.43. The first-order chi connectivity index (χ1) is 21.1. The van der Waals surface area contributed by atoms with Crippen molar-refractivity contribution in [2.45, 2.75) is 31.5 Å². The molecule has 228 valence electrons. The van der Waals surface area contributed by atoms with Crippen LogP contribution in [0.15, 0.2) is 84.9 Å². The summed E-state index contributed by atoms with van der Waals surface area (Å²) in [5, 5.41) is 22.8. The first-order valence-electron chi connectivity index (χ1n) is 13.6. The number of aromatic nitrogens is 3. The SMILES string of the molecule is CN(C)C(=O)Oc1ccc(C[C@H](Nc2nc(Cl)nc(N(Cc3ccccc3)C(Cc3ccccc3)C(=O)O)n2)C(=O)O)cc1. The minimum Gasteiger partial charge on any atom is -0.480 e. The van der Waals surface area contributed by atoms with Gasteiger partial charge >= 0.3 is 18.0 Å². The summed E-state index contributed by atoms with van der Waals surface area (Å²) in [6.45, 7) is 0.136. The average Bonchev–Trinajstić information content (AvgIpc) is 3.00. The molecule has 13 heteroatoms. The molecule has 0 fully saturated rings. The lowest BCUT2D eigenvalue weighted by Crippen LogP contribution is -2.43. The van der Waals surface area contributed by atoms with Gasteiger partial charge in [-0.05, 0) is 40.4 Å². The Balaban J connectivity index is 1.61. The van der Waals surface area contributed by atoms with Gasteiger partial charge in [-0.15, -0.1) is 0 Å². The van der Waals surface area contributed by atoms with E-state index >= 15 is 0 Å². The fraction of sp³-hybridized carbons (Fsp3) is 0.226. The molecule has 12 nitrogen and oxygen atoms in total. The average molecular weight is 619 g/mol. The first kappa shape index (κ1) is 31.7. The van der Waals surface area contributed by atoms with Gasteiger partial charge in [0.25, 0.3) is 0 Å². The number of carbonyl (C=O) groups excluding carboxylic acids is 1. The molecule has 1 heterocycles. The van der Waals surface area contributed by atoms with Crippen molar-refractivity contribution in [3.8, 4) is 5.75 Å². The van der Waals surface area contributed by atoms with Gasteiger partial charge in [-0.1, -0.05) is 72.8 Å². The van der Waals surface area contributed by atoms with Crippen LogP contribution in [0, 0.1) is 0 Å². The van der Waals surface area contributed by atoms with Crippen molar-refractivity contribution < 1.29 is 29.3 Å². The number of nitrogens with zero attached hydrogens (tertiary/aromatic N) is 5. The van der Waals surface area contributed by atoms with E-state index in [4.69, 9.17) is 16.3 Å². The van der Waals surface area contributed by atoms with Gasteiger partial charge < -0.3 is 30.1 Å². The molecule has 0 radical (unpaired) electrons. The lowest BCUT2D eigenvalue weighted by atomic mass is 10.0. The van der Waals surface area contributed by atoms with E-state index in [2.05, 4.69) is 20.3 Å². The molecule has 0 bridgehead atoms. The topological polar surface area (TPSA) is 158 Å². The second-order valence-corrected chi connectivity index (χ2v) is 10.4. The third kappa shape index (κ3) is 8.88. The third-order valence-electron chi connectivity index (χ3n) is 6.52. The Labute approximate surface area is 258 Å². The predicted molar refractivity (Wildman–Crippen MR) is 164 cm³/mol. The summed E-state index contributed by atoms with van der Waals surface area (Å²) in [7, 11) is 3.12. The largest absolute Gasteiger partial charge is 0.480 e. The summed E-state index contributed by atoms with van der Waals surface area (Å²) >= 11 is 6.28. The Morgan fingerprint density at radius 2 is 1.39 bits per heavy atom. The normalized spacial score (nSPS) is 12.1. The van der Waals surface area contributed by atoms with Crippen LogP contribution >= 0.6 is 11.6 Å². The summed E-state index contributed by atoms with van der Waals surface area (Å²) in [5.41, 5.74) is 2.24. The zero-order valence-corrected chi connectivity index (χ0v) is 24.8. The van der Waals surface area contributed by atoms with Crippen LogP contribution in [0.2, 0.25) is 5.28 Å². The molecule has 0 spiro atoms. The Kier molecular flexibility index (Phi) is 10.7. The maximum Gasteiger partial charge on any atom is 0.414 e. The number of carboxylic acid groups (broad SMARTS) is 2. The number of aliphatic carboxylic acids is 2. The van der Waals surface area contributed by atoms with Crippen LogP contribution in [0.5, 0.6) is 5.75 Å². The molecule has 3 aromatic carbocycles. The van der Waals surface area contributed by atoms with Crippen LogP contribution in [0.1, 0.15) is 16.7 Å². The van der Waals surface area contributed by atoms with Crippen LogP contribution in [-0.2, 0) is 29.0 Å². The smallest absolute Gasteiger partial charge is 0.414 e. The van der Waals surface area contributed by atoms with Crippen molar-refractivity contribution in [1.82, 2.24) is 19.9 Å². The van der Waals surface area contributed by atoms with Crippen molar-refractivity contribution >= 4 is 41.5 Å². The number of anilines is 2. The summed E-state index contributed by atoms with van der Waals surface area (Å²) in [4.78, 5) is 52.1. The molecule has 0 aliphatic rings. The van der Waals surface area contributed by atoms with Gasteiger partial charge in [0.2, 0.25) is 17.2 Å². The number of carbonyl (C=O) groups is 3. The minimum atomic E-state index is -1.18. The van der Waals surface area contributed by atoms with E-state index in [0.717, 1.165) is 11.1 Å². The lowest BCUT2D eigenvalue weighted by Gasteiger charge is -2.29. The van der Waals surface area contributed by atoms with E-state index < -0.39 is 30.1 Å². The number of hydrogen-bond acceptors (Lipinski definition) is 9. The van der Waals surface area contributed by atoms with Gasteiger partial charge in [0, 0.05) is 33.5 Å². The van der Waals surface area contributed by atoms with E-state index in [0.29, 0.717) is 11.3 Å². The number of amides is 1. The van der Waals surface area contributed by atoms with Gasteiger partial charge in [0.05, 0.1) is 0 Å². The number of carboxylic acids is 2. The van der Waals surface area contributed by atoms with Crippen LogP contribution in [0.25, 0.3) is 0 Å². The first-order valence-corrected chi connectivity index (χ1v) is 13.9. The fourth-order valence-electron chi connectivity index (χ4n) is 4.28. The van der Waals surface area contributed by atoms with Crippen LogP contribution in [0.4, 0.5) is 16.7 Å². The van der Waals surface area contributed by atoms with Crippen molar-refractivity contribution in [3.63, 3.8) is 0 Å². The van der Waals surface area contributed by atoms with Crippen LogP contribution in [-0.4, -0.2) is 74.3 Å². The molecular weight excluding hydrogens is 588 g/mol. The molecular formula is C31H31ClN6O6. The maximum absolute atomic E-state index is 12.6. The van der Waals surface area contributed by atoms with Gasteiger partial charge in [0.15, 0.2) is 0 Å². The molecule has 1 unspecified atom stereocenters. The molecule has 2 atom stereocenters. The third-order valence-corrected chi connectivity index (χ3v) is 6.69. The molecule has 4 aromatic rings. The zero-order chi connectivity index (χ0) is 31.6. The molecule has 1 amide bonds. The summed E-state index contributed by atoms with van der Waals surface area (Å²) < 4.78 is 5.21. The number of hydrogen-bond donors (Lipinski definition) is 3. The number of halogens is 1. The Bertz CT molecular complexity index is 1570. The molecule has 0 saturated carbocycles. The van der Waals surface area contributed by atoms with E-state index in [1.54, 1.807) is 38.4 Å². The predicted octanol–water partition coefficient (Wildman–Crippen LogP) is 4.40. The van der Waals surface area contributed by atoms with E-state index in [1.807, 2.05) is 60.7 Å². The number of benzene rings is 3. The standard InChI is InChI=1S/C31H31ClN6O6/c1-37(2)31(43)44-23-15-13-21(14-16-23)17-24(26(39)40)33-29-34-28(32)35-30(36-29)38(19-22-11-7-4-8-12-22)25(27(41)42)18-20-9-5-3-6-10-20/h3-16,24-25H,17-19H2,1-2H3,(H,39,40)(H,41,42)(H,33,34,35,36)/t24-,25?/m0/s1. The van der Waals surface area contributed by atoms with E-state index in [9.17, 15) is 24.6 Å². The van der Waals surface area contributed by atoms with Gasteiger partial charge in [-0.2, -0.15) is 15.0 Å². The Morgan fingerprint density at radius 1 is 0.795 bits per heavy atom. The van der Waals surface area contributed by atoms with Gasteiger partial charge in [-0.3, -0.25) is 0 Å². The number of ether oxygens (including phenoxy) is 1. The molecule has 1 aromatic heterocycles. The monoisotopic (exact) mass is 618 g/mol. The van der Waals surface area contributed by atoms with E-state index in [1.165, 1.54) is 9.80 Å². The van der Waals surface area contributed by atoms with Crippen molar-refractivity contribution in [1.29, 1.82) is 0 Å². The second kappa shape index (κ2) is 14.8. The summed E-state index contributed by atoms with van der Waals surface area (Å²) in [6, 6.07) is 22.5. The summed E-state index contributed by atoms with van der Waals surface area (Å²) in [6.07, 6.45) is -0.372. The van der Waals surface area contributed by atoms with Gasteiger partial charge in [-0.25, -0.2) is 14.4 Å². The number of nitrogens with one attached hydrogen (secondary N) is 1. The van der Waals surface area contributed by atoms with Crippen LogP contribution < -0.4 is 15.0 Å². The number of rotatable bonds is 13. The van der Waals surface area contributed by atoms with Crippen molar-refractivity contribution in [2.24, 2.45) is 0 Å². The molecule has 0 saturated heterocycles. The highest BCUT2D eigenvalue weighted by atomic mass is 35.5. The molecule has 4 rings (SSSR count).